The lowest BCUT2D eigenvalue weighted by atomic mass is 10.1. The van der Waals surface area contributed by atoms with Crippen molar-refractivity contribution in [3.05, 3.63) is 158 Å². The molecule has 0 heterocycles. The van der Waals surface area contributed by atoms with Gasteiger partial charge in [0.2, 0.25) is 0 Å². The Hall–Kier alpha value is -4.83. The van der Waals surface area contributed by atoms with Crippen molar-refractivity contribution in [2.45, 2.75) is 322 Å². The van der Waals surface area contributed by atoms with E-state index in [9.17, 15) is 43.5 Å². The van der Waals surface area contributed by atoms with Crippen LogP contribution in [0.4, 0.5) is 0 Å². The van der Waals surface area contributed by atoms with E-state index in [0.717, 1.165) is 186 Å². The standard InChI is InChI=1S/C85H142O16P2/c1-4-7-10-13-16-19-22-25-27-29-31-33-35-37-39-41-43-45-47-49-51-54-56-59-62-65-68-71-83(88)95-74-80(86)75-97-102(91,92)98-76-81(87)77-99-103(93,94)100-79-82(101-85(90)73-70-67-64-61-58-53-24-21-18-15-12-9-6-3)78-96-84(89)72-69-66-63-60-57-55-52-50-48-46-44-42-40-38-36-34-32-30-28-26-23-20-17-14-11-8-5-2/h7-8,10-11,16-17,19-21,24-28,31-34,37-40,43-46,80-82,86-87H,4-6,9,12-15,18,22-23,29-30,35-36,41-42,47-79H2,1-3H3,(H,91,92)(H,93,94)/b10-7-,11-8-,19-16-,20-17-,24-21-,27-25-,28-26-,33-31-,34-32-,39-37-,40-38-,45-43-,46-44-. The fourth-order valence-corrected chi connectivity index (χ4v) is 11.8. The van der Waals surface area contributed by atoms with Gasteiger partial charge in [0.05, 0.1) is 26.4 Å². The minimum absolute atomic E-state index is 0.0885. The van der Waals surface area contributed by atoms with Crippen LogP contribution in [-0.4, -0.2) is 95.9 Å². The Bertz CT molecular complexity index is 2500. The second-order valence-corrected chi connectivity index (χ2v) is 29.0. The number of hydrogen-bond acceptors (Lipinski definition) is 14. The molecule has 0 spiro atoms. The van der Waals surface area contributed by atoms with Gasteiger partial charge >= 0.3 is 33.6 Å². The molecule has 0 aliphatic carbocycles. The summed E-state index contributed by atoms with van der Waals surface area (Å²) in [6.07, 6.45) is 95.7. The average Bonchev–Trinajstić information content (AvgIpc) is 0.924. The summed E-state index contributed by atoms with van der Waals surface area (Å²) in [6, 6.07) is 0. The van der Waals surface area contributed by atoms with Crippen LogP contribution in [0.25, 0.3) is 0 Å². The molecule has 5 unspecified atom stereocenters. The maximum absolute atomic E-state index is 13.0. The summed E-state index contributed by atoms with van der Waals surface area (Å²) in [7, 11) is -9.80. The Balaban J connectivity index is 4.57. The molecule has 5 atom stereocenters. The number of aliphatic hydroxyl groups is 2. The lowest BCUT2D eigenvalue weighted by molar-refractivity contribution is -0.161. The maximum atomic E-state index is 13.0. The zero-order valence-electron chi connectivity index (χ0n) is 64.2. The average molecular weight is 1480 g/mol. The molecule has 0 aliphatic rings. The van der Waals surface area contributed by atoms with Crippen LogP contribution in [0, 0.1) is 0 Å². The van der Waals surface area contributed by atoms with Gasteiger partial charge in [-0.05, 0) is 148 Å². The first-order chi connectivity index (χ1) is 50.2. The monoisotopic (exact) mass is 1480 g/mol. The van der Waals surface area contributed by atoms with E-state index in [1.54, 1.807) is 0 Å². The smallest absolute Gasteiger partial charge is 0.463 e. The highest BCUT2D eigenvalue weighted by Crippen LogP contribution is 2.45. The normalized spacial score (nSPS) is 14.8. The van der Waals surface area contributed by atoms with E-state index >= 15 is 0 Å². The lowest BCUT2D eigenvalue weighted by Crippen LogP contribution is -2.30. The SMILES string of the molecule is CC/C=C\C/C=C\C/C=C\C/C=C\C/C=C\C/C=C\CCCCCCCCCCC(=O)OCC(O)COP(=O)(O)OCC(O)COP(=O)(O)OCC(COC(=O)CCCCCCCCCC/C=C\C/C=C\C/C=C\C/C=C\C/C=C\C/C=C\CC)OC(=O)CCCCCCC/C=C\CCCCCC. The highest BCUT2D eigenvalue weighted by atomic mass is 31.2. The third-order valence-electron chi connectivity index (χ3n) is 16.2. The predicted octanol–water partition coefficient (Wildman–Crippen LogP) is 23.4. The number of rotatable bonds is 74. The number of carbonyl (C=O) groups is 3. The van der Waals surface area contributed by atoms with E-state index in [-0.39, 0.29) is 19.3 Å². The minimum Gasteiger partial charge on any atom is -0.463 e. The van der Waals surface area contributed by atoms with Crippen LogP contribution in [0.3, 0.4) is 0 Å². The van der Waals surface area contributed by atoms with Gasteiger partial charge in [-0.1, -0.05) is 294 Å². The van der Waals surface area contributed by atoms with Crippen molar-refractivity contribution in [1.29, 1.82) is 0 Å². The van der Waals surface area contributed by atoms with Crippen molar-refractivity contribution in [3.8, 4) is 0 Å². The van der Waals surface area contributed by atoms with Crippen LogP contribution < -0.4 is 0 Å². The van der Waals surface area contributed by atoms with Crippen LogP contribution in [0.2, 0.25) is 0 Å². The van der Waals surface area contributed by atoms with Gasteiger partial charge in [0.25, 0.3) is 0 Å². The predicted molar refractivity (Wildman–Crippen MR) is 426 cm³/mol. The summed E-state index contributed by atoms with van der Waals surface area (Å²) in [5.41, 5.74) is 0. The molecule has 0 fully saturated rings. The van der Waals surface area contributed by atoms with Crippen molar-refractivity contribution in [1.82, 2.24) is 0 Å². The quantitative estimate of drug-likeness (QED) is 0.0146. The number of aliphatic hydroxyl groups excluding tert-OH is 2. The van der Waals surface area contributed by atoms with Crippen LogP contribution >= 0.6 is 15.6 Å². The first kappa shape index (κ1) is 98.2. The van der Waals surface area contributed by atoms with E-state index in [2.05, 4.69) is 179 Å². The topological polar surface area (TPSA) is 231 Å². The lowest BCUT2D eigenvalue weighted by Gasteiger charge is -2.21. The molecule has 0 bridgehead atoms. The molecule has 0 aromatic rings. The molecule has 0 saturated carbocycles. The number of carbonyl (C=O) groups excluding carboxylic acids is 3. The van der Waals surface area contributed by atoms with E-state index < -0.39 is 91.5 Å². The second-order valence-electron chi connectivity index (χ2n) is 26.1. The number of phosphoric ester groups is 2. The van der Waals surface area contributed by atoms with Gasteiger partial charge < -0.3 is 34.2 Å². The summed E-state index contributed by atoms with van der Waals surface area (Å²) in [6.45, 7) is 2.40. The number of hydrogen-bond donors (Lipinski definition) is 4. The van der Waals surface area contributed by atoms with Gasteiger partial charge in [-0.3, -0.25) is 32.5 Å². The van der Waals surface area contributed by atoms with Crippen molar-refractivity contribution in [2.75, 3.05) is 39.6 Å². The maximum Gasteiger partial charge on any atom is 0.472 e. The summed E-state index contributed by atoms with van der Waals surface area (Å²) in [5, 5.41) is 20.6. The third kappa shape index (κ3) is 78.1. The molecular weight excluding hydrogens is 1340 g/mol. The summed E-state index contributed by atoms with van der Waals surface area (Å²) < 4.78 is 61.1. The largest absolute Gasteiger partial charge is 0.472 e. The van der Waals surface area contributed by atoms with Crippen LogP contribution in [0.5, 0.6) is 0 Å². The van der Waals surface area contributed by atoms with Crippen molar-refractivity contribution < 1.29 is 75.8 Å². The molecule has 0 saturated heterocycles. The molecule has 4 N–H and O–H groups in total. The number of allylic oxidation sites excluding steroid dienone is 26. The fraction of sp³-hybridized carbons (Fsp3) is 0.659. The molecule has 0 aromatic carbocycles. The molecule has 0 rings (SSSR count). The Kier molecular flexibility index (Phi) is 73.2. The molecular formula is C85H142O16P2. The number of esters is 3. The van der Waals surface area contributed by atoms with Crippen molar-refractivity contribution >= 4 is 33.6 Å². The molecule has 0 aromatic heterocycles. The Morgan fingerprint density at radius 2 is 0.515 bits per heavy atom. The fourth-order valence-electron chi connectivity index (χ4n) is 10.2. The Morgan fingerprint density at radius 1 is 0.282 bits per heavy atom. The van der Waals surface area contributed by atoms with Gasteiger partial charge in [0.15, 0.2) is 6.10 Å². The third-order valence-corrected chi connectivity index (χ3v) is 18.1. The summed E-state index contributed by atoms with van der Waals surface area (Å²) in [5.74, 6) is -1.60. The molecule has 0 radical (unpaired) electrons. The van der Waals surface area contributed by atoms with Crippen LogP contribution in [-0.2, 0) is 55.8 Å². The van der Waals surface area contributed by atoms with Crippen molar-refractivity contribution in [3.63, 3.8) is 0 Å². The molecule has 0 aliphatic heterocycles. The molecule has 0 amide bonds. The zero-order valence-corrected chi connectivity index (χ0v) is 66.0. The van der Waals surface area contributed by atoms with Gasteiger partial charge in [-0.2, -0.15) is 0 Å². The number of phosphoric acid groups is 2. The summed E-state index contributed by atoms with van der Waals surface area (Å²) >= 11 is 0. The number of ether oxygens (including phenoxy) is 3. The summed E-state index contributed by atoms with van der Waals surface area (Å²) in [4.78, 5) is 58.6. The van der Waals surface area contributed by atoms with E-state index in [1.807, 2.05) is 0 Å². The first-order valence-corrected chi connectivity index (χ1v) is 42.8. The molecule has 588 valence electrons. The minimum atomic E-state index is -4.94. The second kappa shape index (κ2) is 76.8. The van der Waals surface area contributed by atoms with E-state index in [0.29, 0.717) is 19.3 Å². The molecule has 16 nitrogen and oxygen atoms in total. The molecule has 18 heteroatoms. The Morgan fingerprint density at radius 3 is 0.825 bits per heavy atom. The van der Waals surface area contributed by atoms with E-state index in [1.165, 1.54) is 57.8 Å². The van der Waals surface area contributed by atoms with E-state index in [4.69, 9.17) is 32.3 Å². The van der Waals surface area contributed by atoms with Gasteiger partial charge in [0, 0.05) is 19.3 Å². The Labute approximate surface area is 625 Å². The first-order valence-electron chi connectivity index (χ1n) is 39.8. The van der Waals surface area contributed by atoms with Crippen LogP contribution in [0.15, 0.2) is 158 Å². The number of unbranched alkanes of at least 4 members (excludes halogenated alkanes) is 25. The van der Waals surface area contributed by atoms with Gasteiger partial charge in [0.1, 0.15) is 25.4 Å². The molecule has 103 heavy (non-hydrogen) atoms. The van der Waals surface area contributed by atoms with Crippen molar-refractivity contribution in [2.24, 2.45) is 0 Å². The highest BCUT2D eigenvalue weighted by Gasteiger charge is 2.29. The van der Waals surface area contributed by atoms with Crippen LogP contribution in [0.1, 0.15) is 303 Å². The highest BCUT2D eigenvalue weighted by molar-refractivity contribution is 7.47. The van der Waals surface area contributed by atoms with Gasteiger partial charge in [-0.15, -0.1) is 0 Å². The van der Waals surface area contributed by atoms with Gasteiger partial charge in [-0.25, -0.2) is 9.13 Å². The zero-order chi connectivity index (χ0) is 75.2.